The molecule has 0 saturated carbocycles. The van der Waals surface area contributed by atoms with Crippen LogP contribution in [0.25, 0.3) is 11.3 Å². The SMILES string of the molecule is CNC(Cc1ccc(-c2ccc(OC(F)(F)F)cc2)nc1)C(C)=O. The molecule has 1 unspecified atom stereocenters. The zero-order chi connectivity index (χ0) is 17.7. The Balaban J connectivity index is 2.09. The molecule has 1 aromatic heterocycles. The Morgan fingerprint density at radius 1 is 1.21 bits per heavy atom. The number of Topliss-reactive ketones (excluding diaryl/α,β-unsaturated/α-hetero) is 1. The Kier molecular flexibility index (Phi) is 5.56. The van der Waals surface area contributed by atoms with Gasteiger partial charge in [0.05, 0.1) is 11.7 Å². The first-order chi connectivity index (χ1) is 11.3. The van der Waals surface area contributed by atoms with Gasteiger partial charge in [-0.15, -0.1) is 13.2 Å². The smallest absolute Gasteiger partial charge is 0.406 e. The maximum Gasteiger partial charge on any atom is 0.573 e. The number of aromatic nitrogens is 1. The molecule has 0 bridgehead atoms. The Morgan fingerprint density at radius 2 is 1.88 bits per heavy atom. The lowest BCUT2D eigenvalue weighted by Crippen LogP contribution is -2.34. The summed E-state index contributed by atoms with van der Waals surface area (Å²) in [5.41, 5.74) is 2.19. The second-order valence-corrected chi connectivity index (χ2v) is 5.28. The Labute approximate surface area is 137 Å². The summed E-state index contributed by atoms with van der Waals surface area (Å²) < 4.78 is 40.2. The van der Waals surface area contributed by atoms with E-state index >= 15 is 0 Å². The van der Waals surface area contributed by atoms with Crippen molar-refractivity contribution in [2.45, 2.75) is 25.7 Å². The molecule has 1 aromatic carbocycles. The average molecular weight is 338 g/mol. The summed E-state index contributed by atoms with van der Waals surface area (Å²) in [5.74, 6) is -0.233. The molecule has 0 saturated heterocycles. The highest BCUT2D eigenvalue weighted by molar-refractivity contribution is 5.81. The van der Waals surface area contributed by atoms with Gasteiger partial charge < -0.3 is 10.1 Å². The number of likely N-dealkylation sites (N-methyl/N-ethyl adjacent to an activating group) is 1. The van der Waals surface area contributed by atoms with Gasteiger partial charge in [-0.2, -0.15) is 0 Å². The van der Waals surface area contributed by atoms with Crippen LogP contribution in [0.5, 0.6) is 5.75 Å². The van der Waals surface area contributed by atoms with Gasteiger partial charge in [0.25, 0.3) is 0 Å². The molecule has 24 heavy (non-hydrogen) atoms. The molecule has 2 rings (SSSR count). The molecule has 0 aliphatic rings. The fourth-order valence-corrected chi connectivity index (χ4v) is 2.23. The van der Waals surface area contributed by atoms with E-state index in [1.165, 1.54) is 31.2 Å². The van der Waals surface area contributed by atoms with Gasteiger partial charge in [0.1, 0.15) is 11.5 Å². The van der Waals surface area contributed by atoms with Crippen LogP contribution in [-0.4, -0.2) is 30.2 Å². The molecule has 0 radical (unpaired) electrons. The minimum Gasteiger partial charge on any atom is -0.406 e. The number of rotatable bonds is 6. The van der Waals surface area contributed by atoms with E-state index in [2.05, 4.69) is 15.0 Å². The molecule has 0 aliphatic heterocycles. The largest absolute Gasteiger partial charge is 0.573 e. The molecule has 0 aliphatic carbocycles. The molecule has 128 valence electrons. The quantitative estimate of drug-likeness (QED) is 0.877. The number of alkyl halides is 3. The number of nitrogens with zero attached hydrogens (tertiary/aromatic N) is 1. The molecule has 1 heterocycles. The van der Waals surface area contributed by atoms with Crippen LogP contribution >= 0.6 is 0 Å². The number of carbonyl (C=O) groups is 1. The van der Waals surface area contributed by atoms with Crippen molar-refractivity contribution in [2.75, 3.05) is 7.05 Å². The third-order valence-corrected chi connectivity index (χ3v) is 3.49. The number of ether oxygens (including phenoxy) is 1. The standard InChI is InChI=1S/C17H17F3N2O2/c1-11(23)16(21-2)9-12-3-8-15(22-10-12)13-4-6-14(7-5-13)24-17(18,19)20/h3-8,10,16,21H,9H2,1-2H3. The van der Waals surface area contributed by atoms with Gasteiger partial charge in [-0.3, -0.25) is 9.78 Å². The van der Waals surface area contributed by atoms with Crippen LogP contribution in [0.1, 0.15) is 12.5 Å². The summed E-state index contributed by atoms with van der Waals surface area (Å²) in [6, 6.07) is 8.84. The van der Waals surface area contributed by atoms with Crippen LogP contribution in [0.2, 0.25) is 0 Å². The van der Waals surface area contributed by atoms with E-state index in [9.17, 15) is 18.0 Å². The van der Waals surface area contributed by atoms with E-state index in [1.807, 2.05) is 6.07 Å². The topological polar surface area (TPSA) is 51.2 Å². The Bertz CT molecular complexity index is 682. The monoisotopic (exact) mass is 338 g/mol. The summed E-state index contributed by atoms with van der Waals surface area (Å²) in [4.78, 5) is 15.7. The van der Waals surface area contributed by atoms with Crippen molar-refractivity contribution in [3.05, 3.63) is 48.2 Å². The van der Waals surface area contributed by atoms with Gasteiger partial charge in [-0.1, -0.05) is 6.07 Å². The van der Waals surface area contributed by atoms with Gasteiger partial charge in [0.15, 0.2) is 0 Å². The average Bonchev–Trinajstić information content (AvgIpc) is 2.52. The van der Waals surface area contributed by atoms with Crippen LogP contribution in [0.15, 0.2) is 42.6 Å². The van der Waals surface area contributed by atoms with E-state index < -0.39 is 6.36 Å². The van der Waals surface area contributed by atoms with Crippen molar-refractivity contribution in [2.24, 2.45) is 0 Å². The summed E-state index contributed by atoms with van der Waals surface area (Å²) >= 11 is 0. The summed E-state index contributed by atoms with van der Waals surface area (Å²) in [6.45, 7) is 1.52. The number of benzene rings is 1. The van der Waals surface area contributed by atoms with E-state index in [4.69, 9.17) is 0 Å². The molecule has 0 spiro atoms. The first kappa shape index (κ1) is 17.9. The lowest BCUT2D eigenvalue weighted by molar-refractivity contribution is -0.274. The fourth-order valence-electron chi connectivity index (χ4n) is 2.23. The Morgan fingerprint density at radius 3 is 2.33 bits per heavy atom. The Hall–Kier alpha value is -2.41. The first-order valence-electron chi connectivity index (χ1n) is 7.27. The van der Waals surface area contributed by atoms with Crippen LogP contribution in [-0.2, 0) is 11.2 Å². The summed E-state index contributed by atoms with van der Waals surface area (Å²) in [7, 11) is 1.72. The van der Waals surface area contributed by atoms with Crippen LogP contribution in [0.3, 0.4) is 0 Å². The molecule has 2 aromatic rings. The van der Waals surface area contributed by atoms with Crippen LogP contribution in [0.4, 0.5) is 13.2 Å². The molecular weight excluding hydrogens is 321 g/mol. The third kappa shape index (κ3) is 5.06. The van der Waals surface area contributed by atoms with Crippen molar-refractivity contribution < 1.29 is 22.7 Å². The highest BCUT2D eigenvalue weighted by Gasteiger charge is 2.30. The van der Waals surface area contributed by atoms with E-state index in [-0.39, 0.29) is 17.6 Å². The molecule has 0 amide bonds. The number of hydrogen-bond donors (Lipinski definition) is 1. The number of nitrogens with one attached hydrogen (secondary N) is 1. The van der Waals surface area contributed by atoms with Crippen LogP contribution < -0.4 is 10.1 Å². The van der Waals surface area contributed by atoms with Crippen molar-refractivity contribution in [3.63, 3.8) is 0 Å². The van der Waals surface area contributed by atoms with E-state index in [0.717, 1.165) is 5.56 Å². The number of halogens is 3. The van der Waals surface area contributed by atoms with Gasteiger partial charge in [0.2, 0.25) is 0 Å². The number of ketones is 1. The number of pyridine rings is 1. The fraction of sp³-hybridized carbons (Fsp3) is 0.294. The second-order valence-electron chi connectivity index (χ2n) is 5.28. The predicted molar refractivity (Wildman–Crippen MR) is 83.6 cm³/mol. The van der Waals surface area contributed by atoms with E-state index in [0.29, 0.717) is 17.7 Å². The molecular formula is C17H17F3N2O2. The lowest BCUT2D eigenvalue weighted by atomic mass is 10.0. The van der Waals surface area contributed by atoms with Gasteiger partial charge in [-0.25, -0.2) is 0 Å². The van der Waals surface area contributed by atoms with Crippen LogP contribution in [0, 0.1) is 0 Å². The summed E-state index contributed by atoms with van der Waals surface area (Å²) in [5, 5.41) is 2.94. The lowest BCUT2D eigenvalue weighted by Gasteiger charge is -2.12. The number of hydrogen-bond acceptors (Lipinski definition) is 4. The maximum absolute atomic E-state index is 12.1. The summed E-state index contributed by atoms with van der Waals surface area (Å²) in [6.07, 6.45) is -2.53. The molecule has 1 N–H and O–H groups in total. The third-order valence-electron chi connectivity index (χ3n) is 3.49. The predicted octanol–water partition coefficient (Wildman–Crippen LogP) is 3.37. The van der Waals surface area contributed by atoms with Gasteiger partial charge in [-0.05, 0) is 56.3 Å². The second kappa shape index (κ2) is 7.44. The zero-order valence-corrected chi connectivity index (χ0v) is 13.2. The highest BCUT2D eigenvalue weighted by atomic mass is 19.4. The molecule has 4 nitrogen and oxygen atoms in total. The maximum atomic E-state index is 12.1. The molecule has 0 fully saturated rings. The number of carbonyl (C=O) groups excluding carboxylic acids is 1. The molecule has 7 heteroatoms. The van der Waals surface area contributed by atoms with Crippen molar-refractivity contribution in [3.8, 4) is 17.0 Å². The first-order valence-corrected chi connectivity index (χ1v) is 7.27. The van der Waals surface area contributed by atoms with Crippen molar-refractivity contribution in [1.29, 1.82) is 0 Å². The van der Waals surface area contributed by atoms with E-state index in [1.54, 1.807) is 19.3 Å². The van der Waals surface area contributed by atoms with Gasteiger partial charge >= 0.3 is 6.36 Å². The minimum atomic E-state index is -4.71. The van der Waals surface area contributed by atoms with Crippen molar-refractivity contribution in [1.82, 2.24) is 10.3 Å². The zero-order valence-electron chi connectivity index (χ0n) is 13.2. The highest BCUT2D eigenvalue weighted by Crippen LogP contribution is 2.25. The molecule has 1 atom stereocenters. The van der Waals surface area contributed by atoms with Gasteiger partial charge in [0, 0.05) is 11.8 Å². The minimum absolute atomic E-state index is 0.0434. The van der Waals surface area contributed by atoms with Crippen molar-refractivity contribution >= 4 is 5.78 Å². The normalized spacial score (nSPS) is 12.7.